The minimum Gasteiger partial charge on any atom is -0.332 e. The molecule has 1 aliphatic heterocycles. The number of para-hydroxylation sites is 1. The van der Waals surface area contributed by atoms with Crippen LogP contribution in [0.1, 0.15) is 11.1 Å². The highest BCUT2D eigenvalue weighted by Gasteiger charge is 2.28. The van der Waals surface area contributed by atoms with Crippen LogP contribution in [0.2, 0.25) is 0 Å². The molecule has 7 heteroatoms. The first-order valence-electron chi connectivity index (χ1n) is 9.28. The molecule has 3 heterocycles. The van der Waals surface area contributed by atoms with E-state index in [2.05, 4.69) is 9.97 Å². The lowest BCUT2D eigenvalue weighted by atomic mass is 10.2. The van der Waals surface area contributed by atoms with Crippen LogP contribution in [0, 0.1) is 0 Å². The predicted octanol–water partition coefficient (Wildman–Crippen LogP) is 3.14. The van der Waals surface area contributed by atoms with Gasteiger partial charge in [0, 0.05) is 42.8 Å². The van der Waals surface area contributed by atoms with E-state index in [0.717, 1.165) is 21.7 Å². The second-order valence-corrected chi connectivity index (χ2v) is 7.72. The number of pyridine rings is 2. The number of hydrogen-bond acceptors (Lipinski definition) is 5. The van der Waals surface area contributed by atoms with Crippen molar-refractivity contribution in [2.75, 3.05) is 17.2 Å². The van der Waals surface area contributed by atoms with Crippen molar-refractivity contribution in [1.29, 1.82) is 0 Å². The van der Waals surface area contributed by atoms with E-state index in [0.29, 0.717) is 18.8 Å². The maximum absolute atomic E-state index is 13.3. The Kier molecular flexibility index (Phi) is 5.86. The van der Waals surface area contributed by atoms with Crippen molar-refractivity contribution >= 4 is 29.3 Å². The molecule has 0 unspecified atom stereocenters. The number of amides is 2. The fourth-order valence-electron chi connectivity index (χ4n) is 3.22. The standard InChI is InChI=1S/C22H20N4O2S/c27-21(15-26-19-5-1-2-6-20(19)29-16-22(26)28)25(13-17-7-10-23-11-8-17)14-18-4-3-9-24-12-18/h1-12H,13-16H2. The van der Waals surface area contributed by atoms with Crippen LogP contribution < -0.4 is 4.90 Å². The van der Waals surface area contributed by atoms with Gasteiger partial charge in [-0.05, 0) is 41.5 Å². The molecule has 3 aromatic rings. The Morgan fingerprint density at radius 2 is 1.76 bits per heavy atom. The predicted molar refractivity (Wildman–Crippen MR) is 112 cm³/mol. The molecule has 4 rings (SSSR count). The van der Waals surface area contributed by atoms with Crippen molar-refractivity contribution in [3.63, 3.8) is 0 Å². The molecule has 2 aromatic heterocycles. The van der Waals surface area contributed by atoms with Gasteiger partial charge >= 0.3 is 0 Å². The van der Waals surface area contributed by atoms with Crippen molar-refractivity contribution in [2.45, 2.75) is 18.0 Å². The van der Waals surface area contributed by atoms with E-state index in [1.54, 1.807) is 34.6 Å². The lowest BCUT2D eigenvalue weighted by molar-refractivity contribution is -0.132. The topological polar surface area (TPSA) is 66.4 Å². The van der Waals surface area contributed by atoms with Crippen LogP contribution in [-0.2, 0) is 22.7 Å². The van der Waals surface area contributed by atoms with Gasteiger partial charge in [0.2, 0.25) is 11.8 Å². The van der Waals surface area contributed by atoms with Crippen LogP contribution in [0.25, 0.3) is 0 Å². The van der Waals surface area contributed by atoms with Gasteiger partial charge < -0.3 is 9.80 Å². The minimum atomic E-state index is -0.110. The number of fused-ring (bicyclic) bond motifs is 1. The SMILES string of the molecule is O=C(CN1C(=O)CSc2ccccc21)N(Cc1ccncc1)Cc1cccnc1. The van der Waals surface area contributed by atoms with Crippen LogP contribution in [0.4, 0.5) is 5.69 Å². The smallest absolute Gasteiger partial charge is 0.243 e. The number of thioether (sulfide) groups is 1. The van der Waals surface area contributed by atoms with E-state index < -0.39 is 0 Å². The molecule has 6 nitrogen and oxygen atoms in total. The van der Waals surface area contributed by atoms with Gasteiger partial charge in [-0.15, -0.1) is 11.8 Å². The summed E-state index contributed by atoms with van der Waals surface area (Å²) in [6.07, 6.45) is 6.89. The zero-order valence-electron chi connectivity index (χ0n) is 15.8. The van der Waals surface area contributed by atoms with Crippen LogP contribution in [-0.4, -0.2) is 39.0 Å². The summed E-state index contributed by atoms with van der Waals surface area (Å²) in [6, 6.07) is 15.3. The van der Waals surface area contributed by atoms with Crippen LogP contribution in [0.3, 0.4) is 0 Å². The molecule has 0 aliphatic carbocycles. The molecule has 0 saturated carbocycles. The number of nitrogens with zero attached hydrogens (tertiary/aromatic N) is 4. The first-order valence-corrected chi connectivity index (χ1v) is 10.3. The monoisotopic (exact) mass is 404 g/mol. The van der Waals surface area contributed by atoms with Gasteiger partial charge in [0.05, 0.1) is 11.4 Å². The Morgan fingerprint density at radius 3 is 2.55 bits per heavy atom. The fraction of sp³-hybridized carbons (Fsp3) is 0.182. The summed E-state index contributed by atoms with van der Waals surface area (Å²) in [4.78, 5) is 38.4. The maximum atomic E-state index is 13.3. The van der Waals surface area contributed by atoms with Gasteiger partial charge in [0.25, 0.3) is 0 Å². The average Bonchev–Trinajstić information content (AvgIpc) is 2.76. The number of benzene rings is 1. The normalized spacial score (nSPS) is 13.1. The highest BCUT2D eigenvalue weighted by Crippen LogP contribution is 2.34. The molecule has 0 spiro atoms. The third kappa shape index (κ3) is 4.63. The molecular weight excluding hydrogens is 384 g/mol. The molecule has 0 N–H and O–H groups in total. The summed E-state index contributed by atoms with van der Waals surface area (Å²) in [5, 5.41) is 0. The summed E-state index contributed by atoms with van der Waals surface area (Å²) in [5.41, 5.74) is 2.72. The molecule has 146 valence electrons. The van der Waals surface area contributed by atoms with Crippen molar-refractivity contribution < 1.29 is 9.59 Å². The third-order valence-corrected chi connectivity index (χ3v) is 5.72. The van der Waals surface area contributed by atoms with Crippen LogP contribution >= 0.6 is 11.8 Å². The molecule has 1 aliphatic rings. The summed E-state index contributed by atoms with van der Waals surface area (Å²) in [6.45, 7) is 0.879. The molecule has 0 atom stereocenters. The van der Waals surface area contributed by atoms with E-state index >= 15 is 0 Å². The first kappa shape index (κ1) is 19.1. The second-order valence-electron chi connectivity index (χ2n) is 6.70. The zero-order chi connectivity index (χ0) is 20.1. The second kappa shape index (κ2) is 8.87. The summed E-state index contributed by atoms with van der Waals surface area (Å²) in [5.74, 6) is 0.185. The summed E-state index contributed by atoms with van der Waals surface area (Å²) < 4.78 is 0. The highest BCUT2D eigenvalue weighted by atomic mass is 32.2. The molecule has 0 bridgehead atoms. The van der Waals surface area contributed by atoms with Crippen LogP contribution in [0.15, 0.2) is 78.2 Å². The number of hydrogen-bond donors (Lipinski definition) is 0. The average molecular weight is 404 g/mol. The van der Waals surface area contributed by atoms with E-state index in [9.17, 15) is 9.59 Å². The number of rotatable bonds is 6. The van der Waals surface area contributed by atoms with Gasteiger partial charge in [0.15, 0.2) is 0 Å². The number of aromatic nitrogens is 2. The van der Waals surface area contributed by atoms with Gasteiger partial charge in [-0.1, -0.05) is 18.2 Å². The minimum absolute atomic E-state index is 0.0156. The first-order chi connectivity index (χ1) is 14.2. The third-order valence-electron chi connectivity index (χ3n) is 4.67. The maximum Gasteiger partial charge on any atom is 0.243 e. The van der Waals surface area contributed by atoms with E-state index in [4.69, 9.17) is 0 Å². The van der Waals surface area contributed by atoms with Gasteiger partial charge in [-0.3, -0.25) is 19.6 Å². The van der Waals surface area contributed by atoms with Crippen molar-refractivity contribution in [3.8, 4) is 0 Å². The van der Waals surface area contributed by atoms with Gasteiger partial charge in [-0.25, -0.2) is 0 Å². The van der Waals surface area contributed by atoms with Gasteiger partial charge in [0.1, 0.15) is 6.54 Å². The van der Waals surface area contributed by atoms with Crippen molar-refractivity contribution in [1.82, 2.24) is 14.9 Å². The van der Waals surface area contributed by atoms with Crippen molar-refractivity contribution in [2.24, 2.45) is 0 Å². The Morgan fingerprint density at radius 1 is 0.966 bits per heavy atom. The fourth-order valence-corrected chi connectivity index (χ4v) is 4.15. The van der Waals surface area contributed by atoms with Crippen LogP contribution in [0.5, 0.6) is 0 Å². The molecule has 0 saturated heterocycles. The quantitative estimate of drug-likeness (QED) is 0.631. The Bertz CT molecular complexity index is 956. The Balaban J connectivity index is 1.57. The molecule has 29 heavy (non-hydrogen) atoms. The molecule has 1 aromatic carbocycles. The van der Waals surface area contributed by atoms with Gasteiger partial charge in [-0.2, -0.15) is 0 Å². The van der Waals surface area contributed by atoms with E-state index in [1.807, 2.05) is 48.5 Å². The number of anilines is 1. The molecule has 0 fully saturated rings. The lowest BCUT2D eigenvalue weighted by Crippen LogP contribution is -2.44. The molecule has 2 amide bonds. The zero-order valence-corrected chi connectivity index (χ0v) is 16.6. The summed E-state index contributed by atoms with van der Waals surface area (Å²) >= 11 is 1.51. The summed E-state index contributed by atoms with van der Waals surface area (Å²) in [7, 11) is 0. The van der Waals surface area contributed by atoms with E-state index in [1.165, 1.54) is 11.8 Å². The Labute approximate surface area is 173 Å². The van der Waals surface area contributed by atoms with Crippen molar-refractivity contribution in [3.05, 3.63) is 84.4 Å². The molecule has 0 radical (unpaired) electrons. The number of carbonyl (C=O) groups excluding carboxylic acids is 2. The largest absolute Gasteiger partial charge is 0.332 e. The highest BCUT2D eigenvalue weighted by molar-refractivity contribution is 8.00. The lowest BCUT2D eigenvalue weighted by Gasteiger charge is -2.31. The van der Waals surface area contributed by atoms with E-state index in [-0.39, 0.29) is 18.4 Å². The Hall–Kier alpha value is -3.19. The molecular formula is C22H20N4O2S. The number of carbonyl (C=O) groups is 2.